The van der Waals surface area contributed by atoms with Crippen molar-refractivity contribution in [2.45, 2.75) is 27.7 Å². The van der Waals surface area contributed by atoms with Crippen molar-refractivity contribution < 1.29 is 4.79 Å². The largest absolute Gasteiger partial charge is 0.324 e. The van der Waals surface area contributed by atoms with Crippen molar-refractivity contribution >= 4 is 27.5 Å². The Morgan fingerprint density at radius 3 is 2.53 bits per heavy atom. The Labute approximate surface area is 124 Å². The molecule has 2 N–H and O–H groups in total. The predicted molar refractivity (Wildman–Crippen MR) is 84.3 cm³/mol. The molecule has 3 nitrogen and oxygen atoms in total. The summed E-state index contributed by atoms with van der Waals surface area (Å²) in [4.78, 5) is 11.8. The average Bonchev–Trinajstić information content (AvgIpc) is 2.31. The molecule has 0 radical (unpaired) electrons. The van der Waals surface area contributed by atoms with Gasteiger partial charge in [-0.3, -0.25) is 4.79 Å². The van der Waals surface area contributed by atoms with Gasteiger partial charge in [0.1, 0.15) is 0 Å². The molecule has 4 heteroatoms. The Morgan fingerprint density at radius 2 is 1.95 bits per heavy atom. The number of rotatable bonds is 6. The summed E-state index contributed by atoms with van der Waals surface area (Å²) in [5.74, 6) is 0.554. The first-order valence-corrected chi connectivity index (χ1v) is 7.37. The van der Waals surface area contributed by atoms with Crippen LogP contribution in [0.2, 0.25) is 0 Å². The van der Waals surface area contributed by atoms with Crippen LogP contribution in [-0.4, -0.2) is 19.0 Å². The number of amides is 1. The number of nitrogens with one attached hydrogen (secondary N) is 2. The third-order valence-corrected chi connectivity index (χ3v) is 4.27. The van der Waals surface area contributed by atoms with E-state index in [1.54, 1.807) is 0 Å². The second-order valence-corrected chi connectivity index (χ2v) is 6.63. The van der Waals surface area contributed by atoms with Crippen LogP contribution in [0.3, 0.4) is 0 Å². The summed E-state index contributed by atoms with van der Waals surface area (Å²) in [6.45, 7) is 9.96. The van der Waals surface area contributed by atoms with Crippen molar-refractivity contribution in [3.63, 3.8) is 0 Å². The van der Waals surface area contributed by atoms with Gasteiger partial charge in [-0.05, 0) is 39.4 Å². The Kier molecular flexibility index (Phi) is 6.01. The van der Waals surface area contributed by atoms with Gasteiger partial charge in [0, 0.05) is 11.0 Å². The SMILES string of the molecule is CC(C)C(C)(C)CNCC(=O)Nc1ccccc1Br. The molecule has 0 bridgehead atoms. The summed E-state index contributed by atoms with van der Waals surface area (Å²) in [7, 11) is 0. The molecule has 0 aliphatic rings. The van der Waals surface area contributed by atoms with Crippen molar-refractivity contribution in [2.24, 2.45) is 11.3 Å². The summed E-state index contributed by atoms with van der Waals surface area (Å²) in [6, 6.07) is 7.60. The first kappa shape index (κ1) is 16.2. The Morgan fingerprint density at radius 1 is 1.32 bits per heavy atom. The number of carbonyl (C=O) groups excluding carboxylic acids is 1. The topological polar surface area (TPSA) is 41.1 Å². The van der Waals surface area contributed by atoms with E-state index in [9.17, 15) is 4.79 Å². The zero-order chi connectivity index (χ0) is 14.5. The van der Waals surface area contributed by atoms with Crippen LogP contribution in [0.4, 0.5) is 5.69 Å². The average molecular weight is 327 g/mol. The third-order valence-electron chi connectivity index (χ3n) is 3.58. The van der Waals surface area contributed by atoms with Crippen LogP contribution in [0.5, 0.6) is 0 Å². The molecule has 0 aliphatic carbocycles. The smallest absolute Gasteiger partial charge is 0.238 e. The van der Waals surface area contributed by atoms with E-state index in [4.69, 9.17) is 0 Å². The molecule has 19 heavy (non-hydrogen) atoms. The van der Waals surface area contributed by atoms with Crippen LogP contribution in [0, 0.1) is 11.3 Å². The van der Waals surface area contributed by atoms with Crippen molar-refractivity contribution in [1.29, 1.82) is 0 Å². The van der Waals surface area contributed by atoms with Gasteiger partial charge in [0.15, 0.2) is 0 Å². The van der Waals surface area contributed by atoms with Gasteiger partial charge in [0.25, 0.3) is 0 Å². The lowest BCUT2D eigenvalue weighted by Crippen LogP contribution is -2.37. The first-order chi connectivity index (χ1) is 8.83. The highest BCUT2D eigenvalue weighted by Crippen LogP contribution is 2.24. The molecule has 1 rings (SSSR count). The lowest BCUT2D eigenvalue weighted by Gasteiger charge is -2.29. The van der Waals surface area contributed by atoms with Gasteiger partial charge in [-0.2, -0.15) is 0 Å². The van der Waals surface area contributed by atoms with E-state index in [0.29, 0.717) is 12.5 Å². The van der Waals surface area contributed by atoms with Gasteiger partial charge in [-0.25, -0.2) is 0 Å². The Bertz CT molecular complexity index is 430. The predicted octanol–water partition coefficient (Wildman–Crippen LogP) is 3.66. The van der Waals surface area contributed by atoms with Crippen molar-refractivity contribution in [3.8, 4) is 0 Å². The number of hydrogen-bond acceptors (Lipinski definition) is 2. The second-order valence-electron chi connectivity index (χ2n) is 5.77. The molecule has 0 unspecified atom stereocenters. The van der Waals surface area contributed by atoms with Gasteiger partial charge in [0.2, 0.25) is 5.91 Å². The van der Waals surface area contributed by atoms with E-state index in [1.165, 1.54) is 0 Å². The molecular formula is C15H23BrN2O. The number of halogens is 1. The highest BCUT2D eigenvalue weighted by atomic mass is 79.9. The highest BCUT2D eigenvalue weighted by molar-refractivity contribution is 9.10. The van der Waals surface area contributed by atoms with Crippen LogP contribution in [-0.2, 0) is 4.79 Å². The summed E-state index contributed by atoms with van der Waals surface area (Å²) in [5.41, 5.74) is 0.991. The summed E-state index contributed by atoms with van der Waals surface area (Å²) in [5, 5.41) is 6.10. The normalized spacial score (nSPS) is 11.7. The summed E-state index contributed by atoms with van der Waals surface area (Å²) < 4.78 is 0.894. The fourth-order valence-corrected chi connectivity index (χ4v) is 1.84. The van der Waals surface area contributed by atoms with Gasteiger partial charge in [0.05, 0.1) is 12.2 Å². The Balaban J connectivity index is 2.39. The third kappa shape index (κ3) is 5.33. The molecule has 0 heterocycles. The number of carbonyl (C=O) groups is 1. The van der Waals surface area contributed by atoms with Crippen LogP contribution < -0.4 is 10.6 Å². The van der Waals surface area contributed by atoms with E-state index in [0.717, 1.165) is 16.7 Å². The molecule has 0 saturated carbocycles. The standard InChI is InChI=1S/C15H23BrN2O/c1-11(2)15(3,4)10-17-9-14(19)18-13-8-6-5-7-12(13)16/h5-8,11,17H,9-10H2,1-4H3,(H,18,19). The van der Waals surface area contributed by atoms with E-state index in [-0.39, 0.29) is 11.3 Å². The molecule has 1 aromatic carbocycles. The number of benzene rings is 1. The van der Waals surface area contributed by atoms with Crippen molar-refractivity contribution in [2.75, 3.05) is 18.4 Å². The minimum atomic E-state index is -0.0218. The van der Waals surface area contributed by atoms with Crippen molar-refractivity contribution in [1.82, 2.24) is 5.32 Å². The molecule has 0 atom stereocenters. The molecule has 0 aliphatic heterocycles. The number of para-hydroxylation sites is 1. The van der Waals surface area contributed by atoms with Crippen molar-refractivity contribution in [3.05, 3.63) is 28.7 Å². The zero-order valence-electron chi connectivity index (χ0n) is 12.1. The maximum absolute atomic E-state index is 11.8. The quantitative estimate of drug-likeness (QED) is 0.837. The van der Waals surface area contributed by atoms with Gasteiger partial charge < -0.3 is 10.6 Å². The summed E-state index contributed by atoms with van der Waals surface area (Å²) >= 11 is 3.41. The molecule has 1 aromatic rings. The van der Waals surface area contributed by atoms with Crippen LogP contribution >= 0.6 is 15.9 Å². The lowest BCUT2D eigenvalue weighted by atomic mass is 9.81. The minimum Gasteiger partial charge on any atom is -0.324 e. The maximum Gasteiger partial charge on any atom is 0.238 e. The highest BCUT2D eigenvalue weighted by Gasteiger charge is 2.21. The summed E-state index contributed by atoms with van der Waals surface area (Å²) in [6.07, 6.45) is 0. The fraction of sp³-hybridized carbons (Fsp3) is 0.533. The zero-order valence-corrected chi connectivity index (χ0v) is 13.7. The monoisotopic (exact) mass is 326 g/mol. The van der Waals surface area contributed by atoms with E-state index < -0.39 is 0 Å². The molecule has 0 spiro atoms. The second kappa shape index (κ2) is 7.06. The van der Waals surface area contributed by atoms with E-state index in [1.807, 2.05) is 24.3 Å². The van der Waals surface area contributed by atoms with E-state index in [2.05, 4.69) is 54.3 Å². The molecule has 0 aromatic heterocycles. The van der Waals surface area contributed by atoms with E-state index >= 15 is 0 Å². The maximum atomic E-state index is 11.8. The fourth-order valence-electron chi connectivity index (χ4n) is 1.46. The van der Waals surface area contributed by atoms with Crippen LogP contribution in [0.15, 0.2) is 28.7 Å². The van der Waals surface area contributed by atoms with Gasteiger partial charge >= 0.3 is 0 Å². The van der Waals surface area contributed by atoms with Crippen LogP contribution in [0.1, 0.15) is 27.7 Å². The molecular weight excluding hydrogens is 304 g/mol. The minimum absolute atomic E-state index is 0.0218. The molecule has 1 amide bonds. The molecule has 0 saturated heterocycles. The first-order valence-electron chi connectivity index (χ1n) is 6.58. The number of hydrogen-bond donors (Lipinski definition) is 2. The van der Waals surface area contributed by atoms with Gasteiger partial charge in [-0.15, -0.1) is 0 Å². The molecule has 0 fully saturated rings. The van der Waals surface area contributed by atoms with Gasteiger partial charge in [-0.1, -0.05) is 39.8 Å². The molecule has 106 valence electrons. The van der Waals surface area contributed by atoms with Crippen LogP contribution in [0.25, 0.3) is 0 Å². The number of anilines is 1. The Hall–Kier alpha value is -0.870. The lowest BCUT2D eigenvalue weighted by molar-refractivity contribution is -0.115.